The number of ether oxygens (including phenoxy) is 1. The van der Waals surface area contributed by atoms with E-state index in [1.807, 2.05) is 9.80 Å². The van der Waals surface area contributed by atoms with Crippen molar-refractivity contribution in [3.63, 3.8) is 0 Å². The average molecular weight is 457 g/mol. The normalized spacial score (nSPS) is 29.0. The zero-order chi connectivity index (χ0) is 23.0. The van der Waals surface area contributed by atoms with Crippen molar-refractivity contribution in [2.45, 2.75) is 75.9 Å². The molecule has 33 heavy (non-hydrogen) atoms. The Hall–Kier alpha value is -2.44. The number of halogens is 1. The Morgan fingerprint density at radius 2 is 1.85 bits per heavy atom. The van der Waals surface area contributed by atoms with Gasteiger partial charge in [-0.25, -0.2) is 4.39 Å². The third-order valence-electron chi connectivity index (χ3n) is 8.32. The summed E-state index contributed by atoms with van der Waals surface area (Å²) in [6.45, 7) is 1.89. The molecule has 2 amide bonds. The minimum absolute atomic E-state index is 0.0575. The number of esters is 1. The summed E-state index contributed by atoms with van der Waals surface area (Å²) < 4.78 is 19.8. The molecular weight excluding hydrogens is 423 g/mol. The highest BCUT2D eigenvalue weighted by atomic mass is 19.1. The van der Waals surface area contributed by atoms with Crippen molar-refractivity contribution < 1.29 is 23.5 Å². The fourth-order valence-corrected chi connectivity index (χ4v) is 6.63. The van der Waals surface area contributed by atoms with Gasteiger partial charge in [0.2, 0.25) is 11.8 Å². The molecule has 1 aromatic rings. The van der Waals surface area contributed by atoms with Gasteiger partial charge in [0.05, 0.1) is 18.8 Å². The Balaban J connectivity index is 1.26. The van der Waals surface area contributed by atoms with Crippen molar-refractivity contribution in [1.29, 1.82) is 0 Å². The van der Waals surface area contributed by atoms with E-state index >= 15 is 0 Å². The smallest absolute Gasteiger partial charge is 0.307 e. The van der Waals surface area contributed by atoms with Gasteiger partial charge in [-0.1, -0.05) is 24.6 Å². The van der Waals surface area contributed by atoms with Crippen LogP contribution in [0.25, 0.3) is 0 Å². The number of nitrogens with zero attached hydrogens (tertiary/aromatic N) is 2. The Morgan fingerprint density at radius 3 is 2.64 bits per heavy atom. The molecule has 0 radical (unpaired) electrons. The van der Waals surface area contributed by atoms with Crippen LogP contribution in [0.4, 0.5) is 4.39 Å². The molecule has 7 heteroatoms. The number of piperidine rings is 2. The molecule has 1 spiro atoms. The summed E-state index contributed by atoms with van der Waals surface area (Å²) >= 11 is 0. The van der Waals surface area contributed by atoms with Gasteiger partial charge in [-0.2, -0.15) is 0 Å². The number of amides is 2. The van der Waals surface area contributed by atoms with Crippen molar-refractivity contribution in [2.75, 3.05) is 19.6 Å². The van der Waals surface area contributed by atoms with Crippen LogP contribution in [0.5, 0.6) is 0 Å². The number of carbonyl (C=O) groups is 3. The lowest BCUT2D eigenvalue weighted by molar-refractivity contribution is -0.158. The molecule has 4 aliphatic rings. The lowest BCUT2D eigenvalue weighted by atomic mass is 9.74. The number of carbonyl (C=O) groups excluding carboxylic acids is 3. The largest absolute Gasteiger partial charge is 0.458 e. The zero-order valence-electron chi connectivity index (χ0n) is 19.1. The first-order chi connectivity index (χ1) is 16.0. The number of hydrogen-bond donors (Lipinski definition) is 0. The molecule has 5 rings (SSSR count). The van der Waals surface area contributed by atoms with E-state index in [4.69, 9.17) is 4.74 Å². The fraction of sp³-hybridized carbons (Fsp3) is 0.654. The summed E-state index contributed by atoms with van der Waals surface area (Å²) in [6, 6.07) is 6.52. The second kappa shape index (κ2) is 9.07. The van der Waals surface area contributed by atoms with Gasteiger partial charge in [0, 0.05) is 25.7 Å². The van der Waals surface area contributed by atoms with Gasteiger partial charge in [-0.05, 0) is 62.5 Å². The SMILES string of the molecule is O=C1CC(C(=O)N2CCC[C@@H]3CN(C(=O)Cc4ccccc4F)CC[C@@H]32)C2(CCCCC2)O1. The lowest BCUT2D eigenvalue weighted by Gasteiger charge is -2.49. The summed E-state index contributed by atoms with van der Waals surface area (Å²) in [5.74, 6) is -0.717. The van der Waals surface area contributed by atoms with Crippen molar-refractivity contribution in [2.24, 2.45) is 11.8 Å². The molecule has 1 unspecified atom stereocenters. The number of fused-ring (bicyclic) bond motifs is 1. The topological polar surface area (TPSA) is 66.9 Å². The quantitative estimate of drug-likeness (QED) is 0.654. The van der Waals surface area contributed by atoms with Crippen LogP contribution in [0.1, 0.15) is 63.4 Å². The van der Waals surface area contributed by atoms with Crippen molar-refractivity contribution in [3.05, 3.63) is 35.6 Å². The van der Waals surface area contributed by atoms with E-state index in [-0.39, 0.29) is 54.3 Å². The Kier molecular flexibility index (Phi) is 6.14. The van der Waals surface area contributed by atoms with Crippen molar-refractivity contribution >= 4 is 17.8 Å². The Labute approximate surface area is 194 Å². The first-order valence-corrected chi connectivity index (χ1v) is 12.5. The van der Waals surface area contributed by atoms with E-state index in [1.54, 1.807) is 18.2 Å². The predicted molar refractivity (Wildman–Crippen MR) is 120 cm³/mol. The molecule has 3 heterocycles. The first-order valence-electron chi connectivity index (χ1n) is 12.5. The van der Waals surface area contributed by atoms with Crippen LogP contribution in [0.15, 0.2) is 24.3 Å². The molecule has 0 bridgehead atoms. The van der Waals surface area contributed by atoms with Crippen LogP contribution in [0.2, 0.25) is 0 Å². The van der Waals surface area contributed by atoms with Gasteiger partial charge < -0.3 is 14.5 Å². The van der Waals surface area contributed by atoms with Crippen LogP contribution in [0.3, 0.4) is 0 Å². The monoisotopic (exact) mass is 456 g/mol. The second-order valence-corrected chi connectivity index (χ2v) is 10.3. The Bertz CT molecular complexity index is 929. The van der Waals surface area contributed by atoms with Gasteiger partial charge in [0.15, 0.2) is 0 Å². The summed E-state index contributed by atoms with van der Waals surface area (Å²) in [5.41, 5.74) is -0.177. The highest BCUT2D eigenvalue weighted by Gasteiger charge is 2.55. The zero-order valence-corrected chi connectivity index (χ0v) is 19.1. The van der Waals surface area contributed by atoms with Gasteiger partial charge in [-0.3, -0.25) is 14.4 Å². The highest BCUT2D eigenvalue weighted by molar-refractivity contribution is 5.88. The molecular formula is C26H33FN2O4. The van der Waals surface area contributed by atoms with Gasteiger partial charge in [0.1, 0.15) is 11.4 Å². The van der Waals surface area contributed by atoms with Crippen LogP contribution in [-0.2, 0) is 25.5 Å². The summed E-state index contributed by atoms with van der Waals surface area (Å²) in [6.07, 6.45) is 7.57. The molecule has 1 aliphatic carbocycles. The number of likely N-dealkylation sites (tertiary alicyclic amines) is 2. The van der Waals surface area contributed by atoms with Crippen LogP contribution >= 0.6 is 0 Å². The summed E-state index contributed by atoms with van der Waals surface area (Å²) in [5, 5.41) is 0. The highest BCUT2D eigenvalue weighted by Crippen LogP contribution is 2.46. The van der Waals surface area contributed by atoms with E-state index in [2.05, 4.69) is 0 Å². The van der Waals surface area contributed by atoms with Gasteiger partial charge >= 0.3 is 5.97 Å². The molecule has 6 nitrogen and oxygen atoms in total. The molecule has 0 aromatic heterocycles. The maximum atomic E-state index is 14.0. The number of benzene rings is 1. The van der Waals surface area contributed by atoms with Crippen molar-refractivity contribution in [1.82, 2.24) is 9.80 Å². The van der Waals surface area contributed by atoms with Crippen LogP contribution in [0, 0.1) is 17.7 Å². The summed E-state index contributed by atoms with van der Waals surface area (Å²) in [7, 11) is 0. The minimum atomic E-state index is -0.601. The third-order valence-corrected chi connectivity index (χ3v) is 8.32. The van der Waals surface area contributed by atoms with E-state index in [1.165, 1.54) is 6.07 Å². The fourth-order valence-electron chi connectivity index (χ4n) is 6.63. The summed E-state index contributed by atoms with van der Waals surface area (Å²) in [4.78, 5) is 42.7. The van der Waals surface area contributed by atoms with Crippen molar-refractivity contribution in [3.8, 4) is 0 Å². The van der Waals surface area contributed by atoms with Gasteiger partial charge in [0.25, 0.3) is 0 Å². The van der Waals surface area contributed by atoms with E-state index in [9.17, 15) is 18.8 Å². The molecule has 1 saturated carbocycles. The lowest BCUT2D eigenvalue weighted by Crippen LogP contribution is -2.59. The standard InChI is InChI=1S/C26H33FN2O4/c27-21-9-3-2-7-18(21)15-23(30)28-14-10-22-19(17-28)8-6-13-29(22)25(32)20-16-24(31)33-26(20)11-4-1-5-12-26/h2-3,7,9,19-20,22H,1,4-6,8,10-17H2/t19-,20?,22+/m1/s1. The molecule has 3 aliphatic heterocycles. The molecule has 3 atom stereocenters. The third kappa shape index (κ3) is 4.26. The van der Waals surface area contributed by atoms with Crippen LogP contribution in [-0.4, -0.2) is 58.9 Å². The van der Waals surface area contributed by atoms with E-state index < -0.39 is 5.60 Å². The molecule has 3 saturated heterocycles. The molecule has 178 valence electrons. The Morgan fingerprint density at radius 1 is 1.06 bits per heavy atom. The number of hydrogen-bond acceptors (Lipinski definition) is 4. The predicted octanol–water partition coefficient (Wildman–Crippen LogP) is 3.47. The van der Waals surface area contributed by atoms with E-state index in [0.29, 0.717) is 25.2 Å². The van der Waals surface area contributed by atoms with Gasteiger partial charge in [-0.15, -0.1) is 0 Å². The first kappa shape index (κ1) is 22.4. The maximum absolute atomic E-state index is 14.0. The molecule has 4 fully saturated rings. The second-order valence-electron chi connectivity index (χ2n) is 10.3. The molecule has 1 aromatic carbocycles. The van der Waals surface area contributed by atoms with Crippen LogP contribution < -0.4 is 0 Å². The maximum Gasteiger partial charge on any atom is 0.307 e. The number of rotatable bonds is 3. The molecule has 0 N–H and O–H groups in total. The van der Waals surface area contributed by atoms with E-state index in [0.717, 1.165) is 51.4 Å². The minimum Gasteiger partial charge on any atom is -0.458 e. The average Bonchev–Trinajstić information content (AvgIpc) is 3.14.